The van der Waals surface area contributed by atoms with Crippen LogP contribution in [-0.4, -0.2) is 67.4 Å². The lowest BCUT2D eigenvalue weighted by Crippen LogP contribution is -2.41. The maximum absolute atomic E-state index is 11.9. The van der Waals surface area contributed by atoms with Gasteiger partial charge in [-0.1, -0.05) is 12.1 Å². The molecule has 0 saturated carbocycles. The Morgan fingerprint density at radius 2 is 2.05 bits per heavy atom. The van der Waals surface area contributed by atoms with Gasteiger partial charge < -0.3 is 20.1 Å². The summed E-state index contributed by atoms with van der Waals surface area (Å²) >= 11 is 0. The highest BCUT2D eigenvalue weighted by atomic mass is 35.5. The molecular formula is C13H20BClN2O4. The van der Waals surface area contributed by atoms with Crippen LogP contribution in [0, 0.1) is 0 Å². The summed E-state index contributed by atoms with van der Waals surface area (Å²) in [6.07, 6.45) is 0. The minimum Gasteiger partial charge on any atom is -0.423 e. The molecule has 1 aliphatic heterocycles. The van der Waals surface area contributed by atoms with Gasteiger partial charge in [-0.3, -0.25) is 9.69 Å². The van der Waals surface area contributed by atoms with E-state index in [1.165, 1.54) is 6.07 Å². The van der Waals surface area contributed by atoms with Gasteiger partial charge in [0.05, 0.1) is 13.2 Å². The van der Waals surface area contributed by atoms with Crippen LogP contribution in [0.1, 0.15) is 10.4 Å². The van der Waals surface area contributed by atoms with Crippen LogP contribution in [0.4, 0.5) is 0 Å². The van der Waals surface area contributed by atoms with Gasteiger partial charge in [-0.05, 0) is 17.6 Å². The number of ether oxygens (including phenoxy) is 1. The van der Waals surface area contributed by atoms with E-state index in [4.69, 9.17) is 14.8 Å². The number of amides is 1. The Morgan fingerprint density at radius 1 is 1.33 bits per heavy atom. The number of rotatable bonds is 5. The third-order valence-electron chi connectivity index (χ3n) is 3.26. The lowest BCUT2D eigenvalue weighted by atomic mass is 9.79. The number of nitrogens with one attached hydrogen (secondary N) is 1. The van der Waals surface area contributed by atoms with Crippen LogP contribution in [0.3, 0.4) is 0 Å². The van der Waals surface area contributed by atoms with Crippen LogP contribution in [0.15, 0.2) is 24.3 Å². The monoisotopic (exact) mass is 314 g/mol. The van der Waals surface area contributed by atoms with E-state index in [0.29, 0.717) is 17.6 Å². The number of hydrogen-bond donors (Lipinski definition) is 3. The molecule has 0 atom stereocenters. The van der Waals surface area contributed by atoms with Gasteiger partial charge in [-0.2, -0.15) is 0 Å². The van der Waals surface area contributed by atoms with Crippen LogP contribution in [0.25, 0.3) is 0 Å². The second-order valence-electron chi connectivity index (χ2n) is 4.71. The number of morpholine rings is 1. The molecule has 0 spiro atoms. The van der Waals surface area contributed by atoms with Crippen molar-refractivity contribution in [1.82, 2.24) is 10.2 Å². The number of nitrogens with zero attached hydrogens (tertiary/aromatic N) is 1. The van der Waals surface area contributed by atoms with Gasteiger partial charge in [-0.25, -0.2) is 0 Å². The van der Waals surface area contributed by atoms with Crippen molar-refractivity contribution in [1.29, 1.82) is 0 Å². The SMILES string of the molecule is Cl.O=C(NCCN1CCOCC1)c1cccc(B(O)O)c1. The van der Waals surface area contributed by atoms with Crippen LogP contribution in [0.5, 0.6) is 0 Å². The van der Waals surface area contributed by atoms with E-state index < -0.39 is 7.12 Å². The summed E-state index contributed by atoms with van der Waals surface area (Å²) in [7, 11) is -1.56. The third-order valence-corrected chi connectivity index (χ3v) is 3.26. The number of hydrogen-bond acceptors (Lipinski definition) is 5. The maximum Gasteiger partial charge on any atom is 0.488 e. The van der Waals surface area contributed by atoms with Crippen LogP contribution < -0.4 is 10.8 Å². The first-order valence-electron chi connectivity index (χ1n) is 6.71. The number of halogens is 1. The van der Waals surface area contributed by atoms with Crippen molar-refractivity contribution in [2.45, 2.75) is 0 Å². The molecule has 0 aliphatic carbocycles. The largest absolute Gasteiger partial charge is 0.488 e. The zero-order valence-electron chi connectivity index (χ0n) is 11.7. The summed E-state index contributed by atoms with van der Waals surface area (Å²) in [5.74, 6) is -0.208. The second-order valence-corrected chi connectivity index (χ2v) is 4.71. The molecule has 21 heavy (non-hydrogen) atoms. The van der Waals surface area contributed by atoms with Gasteiger partial charge in [0.25, 0.3) is 5.91 Å². The number of carbonyl (C=O) groups excluding carboxylic acids is 1. The minimum atomic E-state index is -1.56. The van der Waals surface area contributed by atoms with E-state index in [1.807, 2.05) is 0 Å². The lowest BCUT2D eigenvalue weighted by molar-refractivity contribution is 0.0383. The van der Waals surface area contributed by atoms with Crippen molar-refractivity contribution in [3.63, 3.8) is 0 Å². The fraction of sp³-hybridized carbons (Fsp3) is 0.462. The van der Waals surface area contributed by atoms with Crippen molar-refractivity contribution in [2.24, 2.45) is 0 Å². The molecule has 2 rings (SSSR count). The molecule has 1 amide bonds. The van der Waals surface area contributed by atoms with Crippen molar-refractivity contribution < 1.29 is 19.6 Å². The number of benzene rings is 1. The summed E-state index contributed by atoms with van der Waals surface area (Å²) in [6, 6.07) is 6.32. The van der Waals surface area contributed by atoms with E-state index in [2.05, 4.69) is 10.2 Å². The first-order valence-corrected chi connectivity index (χ1v) is 6.71. The molecule has 0 aromatic heterocycles. The molecule has 8 heteroatoms. The fourth-order valence-corrected chi connectivity index (χ4v) is 2.09. The highest BCUT2D eigenvalue weighted by Crippen LogP contribution is 1.98. The summed E-state index contributed by atoms with van der Waals surface area (Å²) in [5, 5.41) is 21.0. The molecule has 1 aromatic rings. The van der Waals surface area contributed by atoms with Gasteiger partial charge in [0.15, 0.2) is 0 Å². The average molecular weight is 315 g/mol. The lowest BCUT2D eigenvalue weighted by Gasteiger charge is -2.26. The summed E-state index contributed by atoms with van der Waals surface area (Å²) < 4.78 is 5.26. The standard InChI is InChI=1S/C13H19BN2O4.ClH/c17-13(11-2-1-3-12(10-11)14(18)19)15-4-5-16-6-8-20-9-7-16;/h1-3,10,18-19H,4-9H2,(H,15,17);1H. The molecule has 0 radical (unpaired) electrons. The van der Waals surface area contributed by atoms with Crippen LogP contribution in [0.2, 0.25) is 0 Å². The normalized spacial score (nSPS) is 15.1. The first kappa shape index (κ1) is 17.9. The quantitative estimate of drug-likeness (QED) is 0.598. The maximum atomic E-state index is 11.9. The molecule has 3 N–H and O–H groups in total. The molecule has 6 nitrogen and oxygen atoms in total. The highest BCUT2D eigenvalue weighted by molar-refractivity contribution is 6.58. The number of carbonyl (C=O) groups is 1. The predicted octanol–water partition coefficient (Wildman–Crippen LogP) is -1.15. The van der Waals surface area contributed by atoms with Crippen molar-refractivity contribution in [3.8, 4) is 0 Å². The van der Waals surface area contributed by atoms with Crippen molar-refractivity contribution in [3.05, 3.63) is 29.8 Å². The fourth-order valence-electron chi connectivity index (χ4n) is 2.09. The van der Waals surface area contributed by atoms with E-state index in [0.717, 1.165) is 32.8 Å². The Bertz CT molecular complexity index is 456. The average Bonchev–Trinajstić information content (AvgIpc) is 2.48. The molecule has 0 unspecified atom stereocenters. The predicted molar refractivity (Wildman–Crippen MR) is 83.1 cm³/mol. The Balaban J connectivity index is 0.00000220. The van der Waals surface area contributed by atoms with E-state index in [-0.39, 0.29) is 18.3 Å². The highest BCUT2D eigenvalue weighted by Gasteiger charge is 2.14. The third kappa shape index (κ3) is 5.64. The molecular weight excluding hydrogens is 294 g/mol. The molecule has 116 valence electrons. The summed E-state index contributed by atoms with van der Waals surface area (Å²) in [4.78, 5) is 14.2. The van der Waals surface area contributed by atoms with E-state index >= 15 is 0 Å². The van der Waals surface area contributed by atoms with E-state index in [1.54, 1.807) is 18.2 Å². The molecule has 0 bridgehead atoms. The summed E-state index contributed by atoms with van der Waals surface area (Å²) in [6.45, 7) is 4.61. The van der Waals surface area contributed by atoms with Crippen LogP contribution in [-0.2, 0) is 4.74 Å². The van der Waals surface area contributed by atoms with Gasteiger partial charge in [0.2, 0.25) is 0 Å². The second kappa shape index (κ2) is 9.02. The van der Waals surface area contributed by atoms with Crippen LogP contribution >= 0.6 is 12.4 Å². The zero-order valence-corrected chi connectivity index (χ0v) is 12.5. The van der Waals surface area contributed by atoms with Crippen molar-refractivity contribution >= 4 is 30.9 Å². The Kier molecular flexibility index (Phi) is 7.70. The minimum absolute atomic E-state index is 0. The summed E-state index contributed by atoms with van der Waals surface area (Å²) in [5.41, 5.74) is 0.739. The molecule has 1 heterocycles. The van der Waals surface area contributed by atoms with Gasteiger partial charge in [0, 0.05) is 31.7 Å². The first-order chi connectivity index (χ1) is 9.66. The Morgan fingerprint density at radius 3 is 2.71 bits per heavy atom. The van der Waals surface area contributed by atoms with Gasteiger partial charge >= 0.3 is 7.12 Å². The Labute approximate surface area is 130 Å². The smallest absolute Gasteiger partial charge is 0.423 e. The molecule has 1 fully saturated rings. The molecule has 1 saturated heterocycles. The van der Waals surface area contributed by atoms with E-state index in [9.17, 15) is 4.79 Å². The Hall–Kier alpha value is -1.12. The molecule has 1 aromatic carbocycles. The zero-order chi connectivity index (χ0) is 14.4. The van der Waals surface area contributed by atoms with Gasteiger partial charge in [-0.15, -0.1) is 12.4 Å². The topological polar surface area (TPSA) is 82.0 Å². The molecule has 1 aliphatic rings. The van der Waals surface area contributed by atoms with Crippen molar-refractivity contribution in [2.75, 3.05) is 39.4 Å². The van der Waals surface area contributed by atoms with Gasteiger partial charge in [0.1, 0.15) is 0 Å².